The van der Waals surface area contributed by atoms with Gasteiger partial charge in [-0.1, -0.05) is 29.3 Å². The third-order valence-electron chi connectivity index (χ3n) is 2.44. The van der Waals surface area contributed by atoms with E-state index < -0.39 is 12.0 Å². The predicted molar refractivity (Wildman–Crippen MR) is 80.3 cm³/mol. The van der Waals surface area contributed by atoms with Crippen LogP contribution in [0.1, 0.15) is 10.4 Å². The Morgan fingerprint density at radius 3 is 2.38 bits per heavy atom. The number of urea groups is 1. The summed E-state index contributed by atoms with van der Waals surface area (Å²) in [6, 6.07) is 5.47. The average molecular weight is 326 g/mol. The Bertz CT molecular complexity index is 687. The number of carboxylic acid groups (broad SMARTS) is 1. The van der Waals surface area contributed by atoms with Crippen molar-refractivity contribution in [1.82, 2.24) is 4.98 Å². The van der Waals surface area contributed by atoms with Crippen molar-refractivity contribution in [2.24, 2.45) is 0 Å². The molecule has 0 spiro atoms. The van der Waals surface area contributed by atoms with Crippen LogP contribution in [0.15, 0.2) is 36.7 Å². The van der Waals surface area contributed by atoms with Gasteiger partial charge in [0.05, 0.1) is 33.2 Å². The first-order valence-corrected chi connectivity index (χ1v) is 6.43. The number of amides is 2. The molecule has 3 N–H and O–H groups in total. The minimum Gasteiger partial charge on any atom is -0.478 e. The number of pyridine rings is 1. The minimum atomic E-state index is -1.14. The van der Waals surface area contributed by atoms with Crippen LogP contribution in [0.3, 0.4) is 0 Å². The summed E-state index contributed by atoms with van der Waals surface area (Å²) in [5, 5.41) is 14.4. The number of nitrogens with one attached hydrogen (secondary N) is 2. The van der Waals surface area contributed by atoms with Gasteiger partial charge in [0, 0.05) is 6.20 Å². The molecule has 1 heterocycles. The van der Waals surface area contributed by atoms with Crippen LogP contribution in [0.2, 0.25) is 10.0 Å². The molecule has 6 nitrogen and oxygen atoms in total. The smallest absolute Gasteiger partial charge is 0.337 e. The quantitative estimate of drug-likeness (QED) is 0.801. The third kappa shape index (κ3) is 3.84. The predicted octanol–water partition coefficient (Wildman–Crippen LogP) is 3.73. The maximum Gasteiger partial charge on any atom is 0.337 e. The first kappa shape index (κ1) is 15.1. The van der Waals surface area contributed by atoms with Crippen LogP contribution in [0.25, 0.3) is 0 Å². The first-order chi connectivity index (χ1) is 9.97. The number of rotatable bonds is 3. The van der Waals surface area contributed by atoms with Crippen molar-refractivity contribution in [3.05, 3.63) is 52.3 Å². The summed E-state index contributed by atoms with van der Waals surface area (Å²) < 4.78 is 0. The molecule has 1 aromatic carbocycles. The number of nitrogens with zero attached hydrogens (tertiary/aromatic N) is 1. The van der Waals surface area contributed by atoms with Gasteiger partial charge in [-0.05, 0) is 18.2 Å². The molecule has 0 aliphatic heterocycles. The van der Waals surface area contributed by atoms with Crippen molar-refractivity contribution in [1.29, 1.82) is 0 Å². The van der Waals surface area contributed by atoms with E-state index in [-0.39, 0.29) is 27.0 Å². The molecule has 0 aliphatic rings. The van der Waals surface area contributed by atoms with Crippen LogP contribution >= 0.6 is 23.2 Å². The Morgan fingerprint density at radius 2 is 1.76 bits per heavy atom. The van der Waals surface area contributed by atoms with Crippen LogP contribution < -0.4 is 10.6 Å². The van der Waals surface area contributed by atoms with Crippen molar-refractivity contribution in [3.63, 3.8) is 0 Å². The highest BCUT2D eigenvalue weighted by Gasteiger charge is 2.11. The maximum atomic E-state index is 11.9. The summed E-state index contributed by atoms with van der Waals surface area (Å²) in [7, 11) is 0. The van der Waals surface area contributed by atoms with Crippen molar-refractivity contribution >= 4 is 46.6 Å². The van der Waals surface area contributed by atoms with E-state index in [9.17, 15) is 9.59 Å². The van der Waals surface area contributed by atoms with E-state index >= 15 is 0 Å². The molecule has 0 bridgehead atoms. The summed E-state index contributed by atoms with van der Waals surface area (Å²) in [4.78, 5) is 26.4. The van der Waals surface area contributed by atoms with E-state index in [0.717, 1.165) is 0 Å². The molecule has 0 fully saturated rings. The zero-order valence-corrected chi connectivity index (χ0v) is 11.9. The zero-order valence-electron chi connectivity index (χ0n) is 10.4. The Hall–Kier alpha value is -2.31. The Morgan fingerprint density at radius 1 is 1.10 bits per heavy atom. The summed E-state index contributed by atoms with van der Waals surface area (Å²) in [5.41, 5.74) is 0.458. The van der Waals surface area contributed by atoms with Gasteiger partial charge in [0.25, 0.3) is 0 Å². The van der Waals surface area contributed by atoms with Crippen LogP contribution in [-0.4, -0.2) is 22.1 Å². The van der Waals surface area contributed by atoms with Crippen LogP contribution in [0.5, 0.6) is 0 Å². The van der Waals surface area contributed by atoms with Crippen LogP contribution in [0.4, 0.5) is 16.2 Å². The molecule has 0 saturated heterocycles. The van der Waals surface area contributed by atoms with Crippen LogP contribution in [-0.2, 0) is 0 Å². The van der Waals surface area contributed by atoms with E-state index in [2.05, 4.69) is 15.6 Å². The number of hydrogen-bond donors (Lipinski definition) is 3. The first-order valence-electron chi connectivity index (χ1n) is 5.67. The van der Waals surface area contributed by atoms with Gasteiger partial charge in [0.2, 0.25) is 0 Å². The number of carboxylic acids is 1. The van der Waals surface area contributed by atoms with Gasteiger partial charge in [0.15, 0.2) is 0 Å². The molecule has 8 heteroatoms. The van der Waals surface area contributed by atoms with E-state index in [1.54, 1.807) is 18.2 Å². The maximum absolute atomic E-state index is 11.9. The van der Waals surface area contributed by atoms with Gasteiger partial charge in [0.1, 0.15) is 0 Å². The summed E-state index contributed by atoms with van der Waals surface area (Å²) >= 11 is 11.9. The Labute approximate surface area is 129 Å². The van der Waals surface area contributed by atoms with Gasteiger partial charge in [-0.15, -0.1) is 0 Å². The van der Waals surface area contributed by atoms with Gasteiger partial charge >= 0.3 is 12.0 Å². The number of para-hydroxylation sites is 1. The lowest BCUT2D eigenvalue weighted by Crippen LogP contribution is -2.20. The second kappa shape index (κ2) is 6.43. The van der Waals surface area contributed by atoms with E-state index in [1.807, 2.05) is 0 Å². The van der Waals surface area contributed by atoms with E-state index in [1.165, 1.54) is 18.5 Å². The molecule has 2 rings (SSSR count). The number of aromatic carboxylic acids is 1. The molecule has 0 unspecified atom stereocenters. The summed E-state index contributed by atoms with van der Waals surface area (Å²) in [5.74, 6) is -1.14. The van der Waals surface area contributed by atoms with Gasteiger partial charge in [-0.25, -0.2) is 9.59 Å². The highest BCUT2D eigenvalue weighted by atomic mass is 35.5. The minimum absolute atomic E-state index is 0.0384. The summed E-state index contributed by atoms with van der Waals surface area (Å²) in [6.07, 6.45) is 2.50. The molecule has 0 radical (unpaired) electrons. The number of hydrogen-bond acceptors (Lipinski definition) is 3. The molecule has 108 valence electrons. The molecule has 2 aromatic rings. The van der Waals surface area contributed by atoms with Crippen molar-refractivity contribution in [2.45, 2.75) is 0 Å². The second-order valence-electron chi connectivity index (χ2n) is 3.94. The fraction of sp³-hybridized carbons (Fsp3) is 0. The normalized spacial score (nSPS) is 10.0. The lowest BCUT2D eigenvalue weighted by atomic mass is 10.2. The average Bonchev–Trinajstić information content (AvgIpc) is 2.43. The van der Waals surface area contributed by atoms with Gasteiger partial charge < -0.3 is 15.7 Å². The highest BCUT2D eigenvalue weighted by molar-refractivity contribution is 6.39. The fourth-order valence-electron chi connectivity index (χ4n) is 1.52. The van der Waals surface area contributed by atoms with E-state index in [4.69, 9.17) is 28.3 Å². The molecular weight excluding hydrogens is 317 g/mol. The molecular formula is C13H9Cl2N3O3. The monoisotopic (exact) mass is 325 g/mol. The number of anilines is 2. The van der Waals surface area contributed by atoms with Crippen LogP contribution in [0, 0.1) is 0 Å². The lowest BCUT2D eigenvalue weighted by Gasteiger charge is -2.10. The second-order valence-corrected chi connectivity index (χ2v) is 4.76. The lowest BCUT2D eigenvalue weighted by molar-refractivity contribution is 0.0696. The summed E-state index contributed by atoms with van der Waals surface area (Å²) in [6.45, 7) is 0. The Kier molecular flexibility index (Phi) is 4.62. The SMILES string of the molecule is O=C(Nc1cncc(C(=O)O)c1)Nc1c(Cl)cccc1Cl. The van der Waals surface area contributed by atoms with Crippen molar-refractivity contribution in [3.8, 4) is 0 Å². The molecule has 1 aromatic heterocycles. The highest BCUT2D eigenvalue weighted by Crippen LogP contribution is 2.29. The Balaban J connectivity index is 2.12. The number of benzene rings is 1. The fourth-order valence-corrected chi connectivity index (χ4v) is 2.01. The molecule has 2 amide bonds. The number of halogens is 2. The van der Waals surface area contributed by atoms with E-state index in [0.29, 0.717) is 0 Å². The molecule has 21 heavy (non-hydrogen) atoms. The molecule has 0 aliphatic carbocycles. The molecule has 0 saturated carbocycles. The van der Waals surface area contributed by atoms with Gasteiger partial charge in [-0.3, -0.25) is 4.98 Å². The number of carbonyl (C=O) groups is 2. The molecule has 0 atom stereocenters. The standard InChI is InChI=1S/C13H9Cl2N3O3/c14-9-2-1-3-10(15)11(9)18-13(21)17-8-4-7(12(19)20)5-16-6-8/h1-6H,(H,19,20)(H2,17,18,21). The topological polar surface area (TPSA) is 91.3 Å². The third-order valence-corrected chi connectivity index (χ3v) is 3.07. The van der Waals surface area contributed by atoms with Crippen molar-refractivity contribution in [2.75, 3.05) is 10.6 Å². The zero-order chi connectivity index (χ0) is 15.4. The van der Waals surface area contributed by atoms with Gasteiger partial charge in [-0.2, -0.15) is 0 Å². The largest absolute Gasteiger partial charge is 0.478 e. The number of aromatic nitrogens is 1. The number of carbonyl (C=O) groups excluding carboxylic acids is 1. The van der Waals surface area contributed by atoms with Crippen molar-refractivity contribution < 1.29 is 14.7 Å².